The molecule has 0 amide bonds. The van der Waals surface area contributed by atoms with Crippen LogP contribution in [0.2, 0.25) is 0 Å². The predicted octanol–water partition coefficient (Wildman–Crippen LogP) is 28.4. The first-order chi connectivity index (χ1) is 63.1. The Morgan fingerprint density at radius 1 is 0.243 bits per heavy atom. The zero-order valence-corrected chi connectivity index (χ0v) is 61.2. The van der Waals surface area contributed by atoms with Crippen molar-refractivity contribution in [2.75, 3.05) is 9.80 Å². The molecular formula is C105H78N6. The molecule has 6 nitrogen and oxygen atoms in total. The Bertz CT molecular complexity index is 8260. The molecule has 528 valence electrons. The number of anilines is 6. The van der Waals surface area contributed by atoms with Crippen molar-refractivity contribution in [2.45, 2.75) is 58.3 Å². The first kappa shape index (κ1) is 46.5. The molecule has 111 heavy (non-hydrogen) atoms. The van der Waals surface area contributed by atoms with E-state index in [2.05, 4.69) is 148 Å². The van der Waals surface area contributed by atoms with Crippen LogP contribution in [-0.2, 0) is 10.8 Å². The van der Waals surface area contributed by atoms with E-state index in [4.69, 9.17) is 4.11 Å². The Labute approximate surface area is 674 Å². The lowest BCUT2D eigenvalue weighted by Crippen LogP contribution is -2.30. The van der Waals surface area contributed by atoms with Crippen LogP contribution in [0.1, 0.15) is 104 Å². The van der Waals surface area contributed by atoms with Crippen LogP contribution < -0.4 is 9.80 Å². The topological polar surface area (TPSA) is 26.2 Å². The number of fused-ring (bicyclic) bond motifs is 16. The van der Waals surface area contributed by atoms with E-state index in [-0.39, 0.29) is 76.9 Å². The van der Waals surface area contributed by atoms with Gasteiger partial charge in [-0.05, 0) is 188 Å². The Balaban J connectivity index is 0.954. The number of rotatable bonds is 9. The Hall–Kier alpha value is -13.7. The lowest BCUT2D eigenvalue weighted by atomic mass is 9.75. The first-order valence-electron chi connectivity index (χ1n) is 47.7. The second kappa shape index (κ2) is 24.4. The largest absolute Gasteiger partial charge is 0.310 e. The fraction of sp³-hybridized carbons (Fsp3) is 0.0857. The molecule has 0 bridgehead atoms. The van der Waals surface area contributed by atoms with Crippen molar-refractivity contribution in [3.8, 4) is 56.1 Å². The summed E-state index contributed by atoms with van der Waals surface area (Å²) < 4.78 is 208. The molecule has 0 saturated heterocycles. The van der Waals surface area contributed by atoms with Crippen LogP contribution in [-0.4, -0.2) is 18.3 Å². The van der Waals surface area contributed by atoms with Crippen molar-refractivity contribution in [1.82, 2.24) is 18.3 Å². The second-order valence-electron chi connectivity index (χ2n) is 30.9. The van der Waals surface area contributed by atoms with Gasteiger partial charge in [0.2, 0.25) is 0 Å². The highest BCUT2D eigenvalue weighted by Crippen LogP contribution is 2.63. The van der Waals surface area contributed by atoms with Crippen LogP contribution in [0.15, 0.2) is 357 Å². The molecule has 2 aliphatic rings. The third kappa shape index (κ3) is 9.89. The molecule has 0 N–H and O–H groups in total. The fourth-order valence-corrected chi connectivity index (χ4v) is 17.5. The van der Waals surface area contributed by atoms with Gasteiger partial charge < -0.3 is 28.1 Å². The highest BCUT2D eigenvalue weighted by molar-refractivity contribution is 6.19. The maximum atomic E-state index is 10.2. The lowest BCUT2D eigenvalue weighted by molar-refractivity contribution is 0.590. The summed E-state index contributed by atoms with van der Waals surface area (Å²) >= 11 is 0. The normalized spacial score (nSPS) is 16.2. The highest BCUT2D eigenvalue weighted by atomic mass is 15.2. The number of hydrogen-bond acceptors (Lipinski definition) is 2. The minimum atomic E-state index is -0.870. The van der Waals surface area contributed by atoms with Crippen LogP contribution >= 0.6 is 0 Å². The van der Waals surface area contributed by atoms with Gasteiger partial charge in [-0.25, -0.2) is 0 Å². The number of para-hydroxylation sites is 7. The summed E-state index contributed by atoms with van der Waals surface area (Å²) in [5.41, 5.74) is 14.1. The molecular weight excluding hydrogens is 1350 g/mol. The number of hydrogen-bond donors (Lipinski definition) is 0. The Morgan fingerprint density at radius 2 is 0.694 bits per heavy atom. The van der Waals surface area contributed by atoms with Crippen LogP contribution in [0, 0.1) is 0 Å². The molecule has 0 saturated carbocycles. The molecule has 16 aromatic carbocycles. The number of benzene rings is 16. The van der Waals surface area contributed by atoms with E-state index >= 15 is 0 Å². The molecule has 1 atom stereocenters. The maximum absolute atomic E-state index is 10.2. The molecule has 20 aromatic rings. The van der Waals surface area contributed by atoms with Crippen molar-refractivity contribution in [3.05, 3.63) is 385 Å². The fourth-order valence-electron chi connectivity index (χ4n) is 17.5. The molecule has 22 rings (SSSR count). The molecule has 0 spiro atoms. The summed E-state index contributed by atoms with van der Waals surface area (Å²) in [6.07, 6.45) is 0. The minimum Gasteiger partial charge on any atom is -0.310 e. The van der Waals surface area contributed by atoms with E-state index in [1.54, 1.807) is 18.2 Å². The first-order valence-corrected chi connectivity index (χ1v) is 37.2. The summed E-state index contributed by atoms with van der Waals surface area (Å²) in [5, 5.41) is 2.57. The summed E-state index contributed by atoms with van der Waals surface area (Å²) in [6.45, 7) is 13.2. The third-order valence-corrected chi connectivity index (χ3v) is 22.6. The summed E-state index contributed by atoms with van der Waals surface area (Å²) in [5.74, 6) is -0.870. The van der Waals surface area contributed by atoms with E-state index in [1.807, 2.05) is 125 Å². The van der Waals surface area contributed by atoms with E-state index in [0.717, 1.165) is 66.4 Å². The smallest absolute Gasteiger partial charge is 0.0783 e. The monoisotopic (exact) mass is 1440 g/mol. The van der Waals surface area contributed by atoms with Gasteiger partial charge in [0.25, 0.3) is 0 Å². The van der Waals surface area contributed by atoms with Gasteiger partial charge >= 0.3 is 0 Å². The molecule has 0 aliphatic carbocycles. The van der Waals surface area contributed by atoms with Crippen molar-refractivity contribution >= 4 is 121 Å². The number of aromatic nitrogens is 4. The standard InChI is InChI=1S/C105H78N6/c1-104(2,3)72-50-55-92-86(61-72)87-62-73(105(4,5)6)51-56-93(87)106(92)75-52-54-85-97(63-75)108(76-58-70(67-31-13-8-14-32-67)57-71(59-76)68-33-15-9-16-34-68)98-64-77(107-88-43-23-19-37-78(88)79-38-20-24-44-89(79)107)65-99-101(98)100(85)84-53-49-69(66-29-11-7-12-30-66)60-96(84)111(99)95-48-28-42-83-82-41-27-47-94(102(82)109(103(83)95)74-35-17-10-18-36-74)110-90-45-25-21-39-80(90)81-40-22-26-46-91(81)110/h7-65,100H,1-6H3/i7D,11D,12D,19D,20D,21D,22D,23D,24D,25D,26D,29D,30D,37D,38D,39D,40D,43D,44D,45D,46D. The zero-order chi connectivity index (χ0) is 92.4. The quantitative estimate of drug-likeness (QED) is 0.144. The molecule has 4 aromatic heterocycles. The van der Waals surface area contributed by atoms with Crippen molar-refractivity contribution in [3.63, 3.8) is 0 Å². The third-order valence-electron chi connectivity index (χ3n) is 22.6. The van der Waals surface area contributed by atoms with Crippen LogP contribution in [0.3, 0.4) is 0 Å². The molecule has 0 radical (unpaired) electrons. The van der Waals surface area contributed by atoms with E-state index in [9.17, 15) is 24.7 Å². The zero-order valence-electron chi connectivity index (χ0n) is 82.2. The predicted molar refractivity (Wildman–Crippen MR) is 468 cm³/mol. The van der Waals surface area contributed by atoms with Gasteiger partial charge in [0.05, 0.1) is 113 Å². The maximum Gasteiger partial charge on any atom is 0.0783 e. The van der Waals surface area contributed by atoms with Gasteiger partial charge in [-0.15, -0.1) is 0 Å². The van der Waals surface area contributed by atoms with Crippen molar-refractivity contribution < 1.29 is 28.8 Å². The minimum absolute atomic E-state index is 0.122. The molecule has 1 unspecified atom stereocenters. The lowest BCUT2D eigenvalue weighted by Gasteiger charge is -2.46. The molecule has 0 fully saturated rings. The van der Waals surface area contributed by atoms with Gasteiger partial charge in [-0.1, -0.05) is 278 Å². The van der Waals surface area contributed by atoms with E-state index < -0.39 is 133 Å². The summed E-state index contributed by atoms with van der Waals surface area (Å²) in [6, 6.07) is 64.1. The van der Waals surface area contributed by atoms with Crippen LogP contribution in [0.5, 0.6) is 0 Å². The highest BCUT2D eigenvalue weighted by Gasteiger charge is 2.43. The van der Waals surface area contributed by atoms with Crippen molar-refractivity contribution in [1.29, 1.82) is 0 Å². The molecule has 6 heterocycles. The Kier molecular flexibility index (Phi) is 10.2. The number of nitrogens with zero attached hydrogens (tertiary/aromatic N) is 6. The Morgan fingerprint density at radius 3 is 1.23 bits per heavy atom. The van der Waals surface area contributed by atoms with E-state index in [1.165, 1.54) is 9.13 Å². The van der Waals surface area contributed by atoms with Crippen LogP contribution in [0.4, 0.5) is 34.1 Å². The molecule has 6 heteroatoms. The van der Waals surface area contributed by atoms with Gasteiger partial charge in [0, 0.05) is 71.6 Å². The van der Waals surface area contributed by atoms with Crippen molar-refractivity contribution in [2.24, 2.45) is 0 Å². The molecule has 2 aliphatic heterocycles. The summed E-state index contributed by atoms with van der Waals surface area (Å²) in [4.78, 5) is 4.24. The van der Waals surface area contributed by atoms with Gasteiger partial charge in [-0.3, -0.25) is 0 Å². The SMILES string of the molecule is [2H]c1c([2H])c([2H])c(-c2ccc3c(c2)N(c2cccc4c5cccc(-n6c7c([2H])c([2H])c([2H])c([2H])c7c7c([2H])c([2H])c([2H])c([2H])c76)c5n(-c5ccccc5)c24)c2cc(-n4c5c([2H])c([2H])c([2H])c([2H])c5c5c([2H])c([2H])c([2H])c([2H])c54)cc4c2C3c2ccc(-n3c5ccc(C(C)(C)C)cc5c5cc(C(C)(C)C)ccc53)cc2N4c2cc(-c3ccccc3)cc(-c3ccccc3)c2)c([2H])c1[2H]. The average Bonchev–Trinajstić information content (AvgIpc) is 1.29. The van der Waals surface area contributed by atoms with E-state index in [0.29, 0.717) is 72.7 Å². The van der Waals surface area contributed by atoms with Crippen LogP contribution in [0.25, 0.3) is 143 Å². The van der Waals surface area contributed by atoms with Gasteiger partial charge in [0.15, 0.2) is 0 Å². The summed E-state index contributed by atoms with van der Waals surface area (Å²) in [7, 11) is 0. The second-order valence-corrected chi connectivity index (χ2v) is 30.9. The van der Waals surface area contributed by atoms with Gasteiger partial charge in [-0.2, -0.15) is 0 Å². The average molecular weight is 1440 g/mol. The van der Waals surface area contributed by atoms with Gasteiger partial charge in [0.1, 0.15) is 0 Å².